The first-order valence-electron chi connectivity index (χ1n) is 8.95. The molecule has 2 aromatic carbocycles. The Kier molecular flexibility index (Phi) is 6.23. The van der Waals surface area contributed by atoms with Crippen molar-refractivity contribution in [2.24, 2.45) is 0 Å². The smallest absolute Gasteiger partial charge is 0.404 e. The molecular formula is C20H22F2N2O4. The molecular weight excluding hydrogens is 370 g/mol. The lowest BCUT2D eigenvalue weighted by atomic mass is 10.00. The number of carboxylic acid groups (broad SMARTS) is 1. The number of rotatable bonds is 7. The minimum atomic E-state index is -1.35. The molecule has 5 N–H and O–H groups in total. The summed E-state index contributed by atoms with van der Waals surface area (Å²) in [4.78, 5) is 11.1. The molecule has 0 aliphatic heterocycles. The molecule has 0 saturated heterocycles. The lowest BCUT2D eigenvalue weighted by molar-refractivity contribution is 0.0969. The third-order valence-corrected chi connectivity index (χ3v) is 4.90. The number of halogens is 2. The number of hydrogen-bond donors (Lipinski definition) is 5. The Hall–Kier alpha value is -2.55. The van der Waals surface area contributed by atoms with Crippen LogP contribution in [-0.2, 0) is 12.8 Å². The van der Waals surface area contributed by atoms with Crippen molar-refractivity contribution in [1.29, 1.82) is 0 Å². The highest BCUT2D eigenvalue weighted by atomic mass is 19.1. The summed E-state index contributed by atoms with van der Waals surface area (Å²) in [5, 5.41) is 35.1. The molecule has 0 heterocycles. The molecule has 4 atom stereocenters. The van der Waals surface area contributed by atoms with Gasteiger partial charge >= 0.3 is 6.09 Å². The number of aliphatic hydroxyl groups is 2. The maximum Gasteiger partial charge on any atom is 0.404 e. The zero-order valence-electron chi connectivity index (χ0n) is 15.0. The van der Waals surface area contributed by atoms with E-state index in [1.807, 2.05) is 24.3 Å². The van der Waals surface area contributed by atoms with Gasteiger partial charge in [0.1, 0.15) is 11.6 Å². The van der Waals surface area contributed by atoms with Gasteiger partial charge in [0.15, 0.2) is 0 Å². The zero-order chi connectivity index (χ0) is 20.3. The SMILES string of the molecule is O=C(O)N[C@@H](Cc1cc(F)cc(F)c1)[C@H](O)CN[C@@H]1c2ccccc2C[C@@H]1O. The number of amides is 1. The number of aliphatic hydroxyl groups excluding tert-OH is 2. The van der Waals surface area contributed by atoms with E-state index in [2.05, 4.69) is 10.6 Å². The van der Waals surface area contributed by atoms with Crippen LogP contribution in [0.3, 0.4) is 0 Å². The summed E-state index contributed by atoms with van der Waals surface area (Å²) >= 11 is 0. The Morgan fingerprint density at radius 1 is 1.18 bits per heavy atom. The number of carbonyl (C=O) groups is 1. The first kappa shape index (κ1) is 20.2. The summed E-state index contributed by atoms with van der Waals surface area (Å²) < 4.78 is 26.8. The Bertz CT molecular complexity index is 828. The maximum atomic E-state index is 13.4. The first-order valence-corrected chi connectivity index (χ1v) is 8.95. The van der Waals surface area contributed by atoms with Gasteiger partial charge in [0.25, 0.3) is 0 Å². The van der Waals surface area contributed by atoms with Crippen LogP contribution in [0.4, 0.5) is 13.6 Å². The molecule has 3 rings (SSSR count). The average Bonchev–Trinajstić information content (AvgIpc) is 2.93. The van der Waals surface area contributed by atoms with Gasteiger partial charge in [-0.05, 0) is 35.2 Å². The van der Waals surface area contributed by atoms with Crippen LogP contribution in [0.25, 0.3) is 0 Å². The van der Waals surface area contributed by atoms with Crippen LogP contribution >= 0.6 is 0 Å². The number of fused-ring (bicyclic) bond motifs is 1. The third kappa shape index (κ3) is 4.83. The molecule has 0 fully saturated rings. The largest absolute Gasteiger partial charge is 0.465 e. The van der Waals surface area contributed by atoms with E-state index in [1.54, 1.807) is 0 Å². The highest BCUT2D eigenvalue weighted by molar-refractivity contribution is 5.65. The van der Waals surface area contributed by atoms with E-state index in [9.17, 15) is 23.8 Å². The van der Waals surface area contributed by atoms with Crippen molar-refractivity contribution in [3.63, 3.8) is 0 Å². The van der Waals surface area contributed by atoms with Gasteiger partial charge in [-0.25, -0.2) is 13.6 Å². The van der Waals surface area contributed by atoms with Gasteiger partial charge in [0, 0.05) is 19.0 Å². The number of nitrogens with one attached hydrogen (secondary N) is 2. The monoisotopic (exact) mass is 392 g/mol. The van der Waals surface area contributed by atoms with Gasteiger partial charge < -0.3 is 26.0 Å². The highest BCUT2D eigenvalue weighted by Crippen LogP contribution is 2.31. The minimum absolute atomic E-state index is 0.0151. The summed E-state index contributed by atoms with van der Waals surface area (Å²) in [6.07, 6.45) is -2.79. The number of benzene rings is 2. The summed E-state index contributed by atoms with van der Waals surface area (Å²) in [5.41, 5.74) is 2.16. The first-order chi connectivity index (χ1) is 13.3. The Morgan fingerprint density at radius 3 is 2.54 bits per heavy atom. The van der Waals surface area contributed by atoms with Crippen LogP contribution < -0.4 is 10.6 Å². The number of hydrogen-bond acceptors (Lipinski definition) is 4. The van der Waals surface area contributed by atoms with Gasteiger partial charge in [-0.15, -0.1) is 0 Å². The fraction of sp³-hybridized carbons (Fsp3) is 0.350. The normalized spacial score (nSPS) is 20.4. The molecule has 0 unspecified atom stereocenters. The topological polar surface area (TPSA) is 102 Å². The second-order valence-electron chi connectivity index (χ2n) is 6.96. The van der Waals surface area contributed by atoms with Gasteiger partial charge in [0.05, 0.1) is 24.3 Å². The van der Waals surface area contributed by atoms with Crippen molar-refractivity contribution < 1.29 is 28.9 Å². The van der Waals surface area contributed by atoms with Gasteiger partial charge in [0.2, 0.25) is 0 Å². The van der Waals surface area contributed by atoms with E-state index in [4.69, 9.17) is 5.11 Å². The summed E-state index contributed by atoms with van der Waals surface area (Å²) in [7, 11) is 0. The molecule has 1 amide bonds. The molecule has 6 nitrogen and oxygen atoms in total. The summed E-state index contributed by atoms with van der Waals surface area (Å²) in [6.45, 7) is -0.0151. The van der Waals surface area contributed by atoms with Crippen molar-refractivity contribution in [3.8, 4) is 0 Å². The fourth-order valence-corrected chi connectivity index (χ4v) is 3.63. The molecule has 2 aromatic rings. The van der Waals surface area contributed by atoms with Crippen molar-refractivity contribution in [3.05, 3.63) is 70.8 Å². The molecule has 0 spiro atoms. The van der Waals surface area contributed by atoms with Gasteiger partial charge in [-0.1, -0.05) is 24.3 Å². The minimum Gasteiger partial charge on any atom is -0.465 e. The molecule has 0 saturated carbocycles. The van der Waals surface area contributed by atoms with E-state index in [-0.39, 0.29) is 24.6 Å². The highest BCUT2D eigenvalue weighted by Gasteiger charge is 2.31. The van der Waals surface area contributed by atoms with E-state index in [0.29, 0.717) is 6.42 Å². The van der Waals surface area contributed by atoms with Gasteiger partial charge in [-0.3, -0.25) is 0 Å². The molecule has 1 aliphatic rings. The van der Waals surface area contributed by atoms with Crippen molar-refractivity contribution >= 4 is 6.09 Å². The predicted octanol–water partition coefficient (Wildman–Crippen LogP) is 1.75. The molecule has 150 valence electrons. The Labute approximate surface area is 160 Å². The standard InChI is InChI=1S/C20H22F2N2O4/c21-13-5-11(6-14(22)9-13)7-16(24-20(27)28)18(26)10-23-19-15-4-2-1-3-12(15)8-17(19)25/h1-6,9,16-19,23-26H,7-8,10H2,(H,27,28)/t16-,17-,18+,19+/m0/s1. The molecule has 1 aliphatic carbocycles. The van der Waals surface area contributed by atoms with Crippen LogP contribution in [0.15, 0.2) is 42.5 Å². The third-order valence-electron chi connectivity index (χ3n) is 4.90. The van der Waals surface area contributed by atoms with Crippen LogP contribution in [0, 0.1) is 11.6 Å². The van der Waals surface area contributed by atoms with Crippen LogP contribution in [0.1, 0.15) is 22.7 Å². The molecule has 0 aromatic heterocycles. The molecule has 8 heteroatoms. The lowest BCUT2D eigenvalue weighted by Crippen LogP contribution is -2.49. The van der Waals surface area contributed by atoms with E-state index >= 15 is 0 Å². The van der Waals surface area contributed by atoms with Crippen molar-refractivity contribution in [2.45, 2.75) is 37.1 Å². The molecule has 0 radical (unpaired) electrons. The predicted molar refractivity (Wildman–Crippen MR) is 97.9 cm³/mol. The van der Waals surface area contributed by atoms with Crippen LogP contribution in [0.2, 0.25) is 0 Å². The van der Waals surface area contributed by atoms with E-state index in [1.165, 1.54) is 0 Å². The van der Waals surface area contributed by atoms with Gasteiger partial charge in [-0.2, -0.15) is 0 Å². The zero-order valence-corrected chi connectivity index (χ0v) is 15.0. The van der Waals surface area contributed by atoms with E-state index < -0.39 is 36.0 Å². The maximum absolute atomic E-state index is 13.4. The Morgan fingerprint density at radius 2 is 1.86 bits per heavy atom. The second kappa shape index (κ2) is 8.64. The van der Waals surface area contributed by atoms with Crippen molar-refractivity contribution in [1.82, 2.24) is 10.6 Å². The van der Waals surface area contributed by atoms with Crippen LogP contribution in [0.5, 0.6) is 0 Å². The van der Waals surface area contributed by atoms with Crippen LogP contribution in [-0.4, -0.2) is 46.2 Å². The molecule has 0 bridgehead atoms. The lowest BCUT2D eigenvalue weighted by Gasteiger charge is -2.26. The summed E-state index contributed by atoms with van der Waals surface area (Å²) in [6, 6.07) is 9.08. The van der Waals surface area contributed by atoms with E-state index in [0.717, 1.165) is 29.3 Å². The molecule has 28 heavy (non-hydrogen) atoms. The Balaban J connectivity index is 1.68. The van der Waals surface area contributed by atoms with Crippen molar-refractivity contribution in [2.75, 3.05) is 6.54 Å². The quantitative estimate of drug-likeness (QED) is 0.494. The average molecular weight is 392 g/mol. The second-order valence-corrected chi connectivity index (χ2v) is 6.96. The summed E-state index contributed by atoms with van der Waals surface area (Å²) in [5.74, 6) is -1.55. The fourth-order valence-electron chi connectivity index (χ4n) is 3.63.